The smallest absolute Gasteiger partial charge is 0.472 e. The van der Waals surface area contributed by atoms with Gasteiger partial charge in [-0.05, 0) is 83.5 Å². The Kier molecular flexibility index (Phi) is 31.8. The monoisotopic (exact) mass is 821 g/mol. The van der Waals surface area contributed by atoms with Crippen LogP contribution in [0.1, 0.15) is 142 Å². The Bertz CT molecular complexity index is 1310. The van der Waals surface area contributed by atoms with E-state index in [4.69, 9.17) is 29.6 Å². The van der Waals surface area contributed by atoms with E-state index in [2.05, 4.69) is 79.1 Å². The molecule has 0 saturated carbocycles. The first kappa shape index (κ1) is 51.9. The Balaban J connectivity index is 2.37. The van der Waals surface area contributed by atoms with Crippen molar-refractivity contribution < 1.29 is 52.2 Å². The quantitative estimate of drug-likeness (QED) is 0.0177. The van der Waals surface area contributed by atoms with Crippen molar-refractivity contribution in [3.63, 3.8) is 0 Å². The van der Waals surface area contributed by atoms with E-state index in [0.717, 1.165) is 51.4 Å². The number of aliphatic carboxylic acids is 1. The van der Waals surface area contributed by atoms with Crippen molar-refractivity contribution >= 4 is 25.7 Å². The van der Waals surface area contributed by atoms with Gasteiger partial charge in [-0.25, -0.2) is 4.57 Å². The topological polar surface area (TPSA) is 184 Å². The number of rotatable bonds is 37. The van der Waals surface area contributed by atoms with Crippen molar-refractivity contribution in [1.29, 1.82) is 0 Å². The van der Waals surface area contributed by atoms with Gasteiger partial charge in [0.1, 0.15) is 12.6 Å². The number of phosphoric acid groups is 1. The fraction of sp³-hybridized carbons (Fsp3) is 0.659. The summed E-state index contributed by atoms with van der Waals surface area (Å²) in [5.41, 5.74) is 5.32. The van der Waals surface area contributed by atoms with Crippen molar-refractivity contribution in [2.45, 2.75) is 167 Å². The van der Waals surface area contributed by atoms with Crippen LogP contribution >= 0.6 is 7.82 Å². The summed E-state index contributed by atoms with van der Waals surface area (Å²) in [7, 11) is -4.75. The van der Waals surface area contributed by atoms with Crippen LogP contribution in [0.4, 0.5) is 0 Å². The molecule has 0 spiro atoms. The molecule has 12 nitrogen and oxygen atoms in total. The van der Waals surface area contributed by atoms with Crippen LogP contribution in [0.25, 0.3) is 0 Å². The first-order valence-corrected chi connectivity index (χ1v) is 22.6. The van der Waals surface area contributed by atoms with Crippen molar-refractivity contribution in [2.24, 2.45) is 5.73 Å². The second-order valence-corrected chi connectivity index (χ2v) is 15.6. The zero-order valence-corrected chi connectivity index (χ0v) is 35.5. The zero-order chi connectivity index (χ0) is 41.8. The van der Waals surface area contributed by atoms with Crippen molar-refractivity contribution in [1.82, 2.24) is 0 Å². The van der Waals surface area contributed by atoms with Gasteiger partial charge < -0.3 is 29.9 Å². The van der Waals surface area contributed by atoms with Gasteiger partial charge in [0.05, 0.1) is 25.4 Å². The molecule has 4 N–H and O–H groups in total. The van der Waals surface area contributed by atoms with Crippen LogP contribution < -0.4 is 5.73 Å². The van der Waals surface area contributed by atoms with Crippen LogP contribution in [0, 0.1) is 0 Å². The number of esters is 2. The number of carboxylic acid groups (broad SMARTS) is 1. The van der Waals surface area contributed by atoms with E-state index in [0.29, 0.717) is 31.5 Å². The predicted molar refractivity (Wildman–Crippen MR) is 225 cm³/mol. The first-order chi connectivity index (χ1) is 27.6. The van der Waals surface area contributed by atoms with Gasteiger partial charge in [0, 0.05) is 12.8 Å². The molecule has 1 aliphatic rings. The van der Waals surface area contributed by atoms with Gasteiger partial charge in [-0.15, -0.1) is 0 Å². The molecule has 57 heavy (non-hydrogen) atoms. The number of phosphoric ester groups is 1. The summed E-state index contributed by atoms with van der Waals surface area (Å²) in [6, 6.07) is -1.54. The Morgan fingerprint density at radius 2 is 1.16 bits per heavy atom. The summed E-state index contributed by atoms with van der Waals surface area (Å²) >= 11 is 0. The average molecular weight is 822 g/mol. The maximum Gasteiger partial charge on any atom is 0.472 e. The van der Waals surface area contributed by atoms with Crippen LogP contribution in [0.5, 0.6) is 0 Å². The number of carbonyl (C=O) groups is 3. The molecule has 0 aromatic rings. The zero-order valence-electron chi connectivity index (χ0n) is 34.6. The summed E-state index contributed by atoms with van der Waals surface area (Å²) in [6.45, 7) is 2.62. The molecule has 1 aliphatic heterocycles. The van der Waals surface area contributed by atoms with Crippen LogP contribution in [-0.4, -0.2) is 72.1 Å². The Hall–Kier alpha value is -3.12. The summed E-state index contributed by atoms with van der Waals surface area (Å²) in [4.78, 5) is 45.9. The van der Waals surface area contributed by atoms with Gasteiger partial charge in [0.15, 0.2) is 6.10 Å². The first-order valence-electron chi connectivity index (χ1n) is 21.1. The number of epoxide rings is 1. The molecule has 0 bridgehead atoms. The van der Waals surface area contributed by atoms with E-state index in [1.807, 2.05) is 12.2 Å². The highest BCUT2D eigenvalue weighted by Crippen LogP contribution is 2.43. The number of hydrogen-bond donors (Lipinski definition) is 3. The van der Waals surface area contributed by atoms with Crippen LogP contribution in [0.2, 0.25) is 0 Å². The maximum atomic E-state index is 12.6. The van der Waals surface area contributed by atoms with Crippen LogP contribution in [0.3, 0.4) is 0 Å². The van der Waals surface area contributed by atoms with Gasteiger partial charge >= 0.3 is 25.7 Å². The number of ether oxygens (including phenoxy) is 3. The summed E-state index contributed by atoms with van der Waals surface area (Å²) in [5.74, 6) is -2.52. The molecule has 13 heteroatoms. The molecule has 0 aromatic heterocycles. The SMILES string of the molecule is CCCCC/C=C\C/C=C\C/C=C\CCCCC(=O)OC[C@H](COP(=O)(O)OC[C@H](N)C(=O)O)OC(=O)CCC/C=C\C/C=C\C/C=C\CC1OC1CCCCC. The Morgan fingerprint density at radius 1 is 0.649 bits per heavy atom. The van der Waals surface area contributed by atoms with Crippen molar-refractivity contribution in [2.75, 3.05) is 19.8 Å². The van der Waals surface area contributed by atoms with Gasteiger partial charge in [0.25, 0.3) is 0 Å². The minimum Gasteiger partial charge on any atom is -0.480 e. The normalized spacial score (nSPS) is 18.0. The van der Waals surface area contributed by atoms with E-state index in [-0.39, 0.29) is 12.8 Å². The number of unbranched alkanes of at least 4 members (excludes halogenated alkanes) is 8. The molecule has 0 amide bonds. The lowest BCUT2D eigenvalue weighted by Gasteiger charge is -2.20. The van der Waals surface area contributed by atoms with Crippen molar-refractivity contribution in [3.8, 4) is 0 Å². The Morgan fingerprint density at radius 3 is 1.75 bits per heavy atom. The molecule has 1 saturated heterocycles. The third-order valence-corrected chi connectivity index (χ3v) is 9.80. The fourth-order valence-corrected chi connectivity index (χ4v) is 6.17. The van der Waals surface area contributed by atoms with Crippen molar-refractivity contribution in [3.05, 3.63) is 72.9 Å². The minimum absolute atomic E-state index is 0.0693. The average Bonchev–Trinajstić information content (AvgIpc) is 3.94. The molecule has 0 aliphatic carbocycles. The Labute approximate surface area is 342 Å². The van der Waals surface area contributed by atoms with Gasteiger partial charge in [-0.2, -0.15) is 0 Å². The third kappa shape index (κ3) is 32.5. The second kappa shape index (κ2) is 34.9. The molecular formula is C44H72NO11P. The van der Waals surface area contributed by atoms with Gasteiger partial charge in [0.2, 0.25) is 0 Å². The number of carboxylic acids is 1. The standard InChI is InChI=1S/C44H72NO11P/c1-3-5-7-8-9-10-11-12-13-14-15-19-22-25-29-33-42(46)52-35-38(36-53-57(50,51)54-37-39(45)44(48)49)55-43(47)34-30-26-23-20-17-16-18-21-24-28-32-41-40(56-41)31-27-6-4-2/h9-10,12-13,15-16,18-20,23-24,28,38-41H,3-8,11,14,17,21-22,25-27,29-37,45H2,1-2H3,(H,48,49)(H,50,51)/b10-9-,13-12-,18-16-,19-15-,23-20-,28-24-/t38-,39+,40?,41?/m1/s1. The number of carbonyl (C=O) groups excluding carboxylic acids is 2. The number of nitrogens with two attached hydrogens (primary N) is 1. The van der Waals surface area contributed by atoms with Gasteiger partial charge in [-0.3, -0.25) is 23.4 Å². The lowest BCUT2D eigenvalue weighted by atomic mass is 10.1. The molecule has 0 radical (unpaired) electrons. The molecule has 1 heterocycles. The predicted octanol–water partition coefficient (Wildman–Crippen LogP) is 9.93. The van der Waals surface area contributed by atoms with Crippen LogP contribution in [0.15, 0.2) is 72.9 Å². The summed E-state index contributed by atoms with van der Waals surface area (Å²) < 4.78 is 38.3. The molecule has 5 atom stereocenters. The lowest BCUT2D eigenvalue weighted by molar-refractivity contribution is -0.161. The highest BCUT2D eigenvalue weighted by atomic mass is 31.2. The molecule has 1 fully saturated rings. The molecule has 1 rings (SSSR count). The van der Waals surface area contributed by atoms with E-state index in [9.17, 15) is 23.8 Å². The number of allylic oxidation sites excluding steroid dienone is 11. The summed E-state index contributed by atoms with van der Waals surface area (Å²) in [5, 5.41) is 8.88. The minimum atomic E-state index is -4.75. The van der Waals surface area contributed by atoms with E-state index >= 15 is 0 Å². The highest BCUT2D eigenvalue weighted by Gasteiger charge is 2.36. The van der Waals surface area contributed by atoms with Crippen LogP contribution in [-0.2, 0) is 42.2 Å². The fourth-order valence-electron chi connectivity index (χ4n) is 5.39. The lowest BCUT2D eigenvalue weighted by Crippen LogP contribution is -2.34. The molecule has 3 unspecified atom stereocenters. The largest absolute Gasteiger partial charge is 0.480 e. The number of hydrogen-bond acceptors (Lipinski definition) is 10. The van der Waals surface area contributed by atoms with E-state index in [1.165, 1.54) is 44.9 Å². The van der Waals surface area contributed by atoms with E-state index < -0.39 is 57.7 Å². The molecular weight excluding hydrogens is 749 g/mol. The maximum absolute atomic E-state index is 12.6. The highest BCUT2D eigenvalue weighted by molar-refractivity contribution is 7.47. The van der Waals surface area contributed by atoms with Gasteiger partial charge in [-0.1, -0.05) is 119 Å². The molecule has 0 aromatic carbocycles. The third-order valence-electron chi connectivity index (χ3n) is 8.85. The summed E-state index contributed by atoms with van der Waals surface area (Å²) in [6.07, 6.45) is 43.0. The second-order valence-electron chi connectivity index (χ2n) is 14.1. The molecule has 324 valence electrons. The van der Waals surface area contributed by atoms with E-state index in [1.54, 1.807) is 0 Å².